The second-order valence-electron chi connectivity index (χ2n) is 4.57. The molecule has 1 aromatic rings. The van der Waals surface area contributed by atoms with Crippen LogP contribution in [0.1, 0.15) is 16.7 Å². The summed E-state index contributed by atoms with van der Waals surface area (Å²) in [6.07, 6.45) is 3.97. The van der Waals surface area contributed by atoms with Crippen molar-refractivity contribution in [3.63, 3.8) is 0 Å². The van der Waals surface area contributed by atoms with Gasteiger partial charge in [-0.1, -0.05) is 18.2 Å². The zero-order chi connectivity index (χ0) is 11.7. The van der Waals surface area contributed by atoms with Crippen LogP contribution in [0.3, 0.4) is 0 Å². The van der Waals surface area contributed by atoms with E-state index in [1.54, 1.807) is 0 Å². The number of ether oxygens (including phenoxy) is 2. The molecule has 2 saturated heterocycles. The van der Waals surface area contributed by atoms with E-state index >= 15 is 0 Å². The predicted octanol–water partition coefficient (Wildman–Crippen LogP) is 1.41. The van der Waals surface area contributed by atoms with E-state index in [4.69, 9.17) is 9.47 Å². The van der Waals surface area contributed by atoms with Gasteiger partial charge in [0.05, 0.1) is 25.4 Å². The molecule has 0 aliphatic carbocycles. The lowest BCUT2D eigenvalue weighted by Gasteiger charge is -2.09. The van der Waals surface area contributed by atoms with Gasteiger partial charge in [0.25, 0.3) is 0 Å². The summed E-state index contributed by atoms with van der Waals surface area (Å²) in [5.74, 6) is 1.90. The van der Waals surface area contributed by atoms with Gasteiger partial charge >= 0.3 is 0 Å². The third-order valence-corrected chi connectivity index (χ3v) is 3.19. The van der Waals surface area contributed by atoms with Crippen molar-refractivity contribution in [1.29, 1.82) is 0 Å². The molecule has 3 heteroatoms. The van der Waals surface area contributed by atoms with Crippen LogP contribution in [0.15, 0.2) is 18.2 Å². The molecule has 1 aromatic carbocycles. The summed E-state index contributed by atoms with van der Waals surface area (Å²) in [4.78, 5) is 10.6. The van der Waals surface area contributed by atoms with Crippen molar-refractivity contribution in [3.05, 3.63) is 34.9 Å². The van der Waals surface area contributed by atoms with Crippen LogP contribution in [0.5, 0.6) is 0 Å². The van der Waals surface area contributed by atoms with Gasteiger partial charge in [-0.3, -0.25) is 0 Å². The Balaban J connectivity index is 1.90. The summed E-state index contributed by atoms with van der Waals surface area (Å²) in [6, 6.07) is 6.15. The molecule has 3 nitrogen and oxygen atoms in total. The number of carbonyl (C=O) groups excluding carboxylic acids is 1. The Hall–Kier alpha value is -1.41. The molecule has 0 saturated carbocycles. The highest BCUT2D eigenvalue weighted by Crippen LogP contribution is 2.25. The molecule has 2 atom stereocenters. The Bertz CT molecular complexity index is 434. The molecule has 2 heterocycles. The predicted molar refractivity (Wildman–Crippen MR) is 63.5 cm³/mol. The molecule has 17 heavy (non-hydrogen) atoms. The quantitative estimate of drug-likeness (QED) is 0.567. The van der Waals surface area contributed by atoms with Crippen molar-refractivity contribution in [3.8, 4) is 0 Å². The molecule has 88 valence electrons. The van der Waals surface area contributed by atoms with E-state index in [1.807, 2.05) is 12.0 Å². The third-order valence-electron chi connectivity index (χ3n) is 3.19. The van der Waals surface area contributed by atoms with Crippen LogP contribution in [0.4, 0.5) is 0 Å². The molecule has 2 fully saturated rings. The molecule has 0 aromatic heterocycles. The lowest BCUT2D eigenvalue weighted by Crippen LogP contribution is -2.02. The van der Waals surface area contributed by atoms with Gasteiger partial charge in [0.2, 0.25) is 0 Å². The monoisotopic (exact) mass is 230 g/mol. The standard InChI is InChI=1S/C14H14O3/c15-5-4-14-10(6-12-8-16-12)2-1-3-11(14)7-13-9-17-13/h1-4,12-13H,6-9H2. The normalized spacial score (nSPS) is 25.2. The second-order valence-corrected chi connectivity index (χ2v) is 4.57. The van der Waals surface area contributed by atoms with Crippen molar-refractivity contribution in [2.24, 2.45) is 0 Å². The van der Waals surface area contributed by atoms with Crippen LogP contribution >= 0.6 is 0 Å². The minimum atomic E-state index is 0.334. The van der Waals surface area contributed by atoms with Crippen molar-refractivity contribution in [2.45, 2.75) is 25.0 Å². The Labute approximate surface area is 100 Å². The summed E-state index contributed by atoms with van der Waals surface area (Å²) in [6.45, 7) is 1.67. The number of hydrogen-bond donors (Lipinski definition) is 0. The van der Waals surface area contributed by atoms with Crippen LogP contribution in [-0.4, -0.2) is 31.4 Å². The zero-order valence-corrected chi connectivity index (χ0v) is 9.52. The number of benzene rings is 1. The lowest BCUT2D eigenvalue weighted by atomic mass is 9.95. The Morgan fingerprint density at radius 2 is 1.71 bits per heavy atom. The highest BCUT2D eigenvalue weighted by molar-refractivity contribution is 5.77. The second kappa shape index (κ2) is 4.46. The van der Waals surface area contributed by atoms with Gasteiger partial charge in [0.15, 0.2) is 0 Å². The first-order valence-corrected chi connectivity index (χ1v) is 5.91. The van der Waals surface area contributed by atoms with E-state index in [0.29, 0.717) is 12.2 Å². The van der Waals surface area contributed by atoms with E-state index in [1.165, 1.54) is 17.2 Å². The minimum absolute atomic E-state index is 0.334. The van der Waals surface area contributed by atoms with E-state index in [-0.39, 0.29) is 0 Å². The van der Waals surface area contributed by atoms with Crippen LogP contribution in [0, 0.1) is 0 Å². The SMILES string of the molecule is O=C=Cc1c(CC2CO2)cccc1CC1CO1. The van der Waals surface area contributed by atoms with Crippen LogP contribution in [-0.2, 0) is 27.1 Å². The minimum Gasteiger partial charge on any atom is -0.373 e. The number of epoxide rings is 2. The fourth-order valence-electron chi connectivity index (χ4n) is 2.13. The fourth-order valence-corrected chi connectivity index (χ4v) is 2.13. The first-order chi connectivity index (χ1) is 8.36. The molecule has 2 unspecified atom stereocenters. The van der Waals surface area contributed by atoms with E-state index in [9.17, 15) is 4.79 Å². The van der Waals surface area contributed by atoms with E-state index in [0.717, 1.165) is 31.6 Å². The first-order valence-electron chi connectivity index (χ1n) is 5.91. The molecule has 2 aliphatic rings. The maximum absolute atomic E-state index is 10.6. The summed E-state index contributed by atoms with van der Waals surface area (Å²) in [7, 11) is 0. The highest BCUT2D eigenvalue weighted by atomic mass is 16.6. The molecule has 0 bridgehead atoms. The van der Waals surface area contributed by atoms with Crippen molar-refractivity contribution in [1.82, 2.24) is 0 Å². The molecule has 2 aliphatic heterocycles. The van der Waals surface area contributed by atoms with Crippen molar-refractivity contribution >= 4 is 12.0 Å². The van der Waals surface area contributed by atoms with E-state index in [2.05, 4.69) is 12.1 Å². The van der Waals surface area contributed by atoms with Gasteiger partial charge in [-0.25, -0.2) is 4.79 Å². The largest absolute Gasteiger partial charge is 0.373 e. The van der Waals surface area contributed by atoms with Gasteiger partial charge in [-0.05, 0) is 16.7 Å². The third kappa shape index (κ3) is 2.64. The maximum atomic E-state index is 10.6. The highest BCUT2D eigenvalue weighted by Gasteiger charge is 2.26. The van der Waals surface area contributed by atoms with Crippen LogP contribution in [0.25, 0.3) is 6.08 Å². The summed E-state index contributed by atoms with van der Waals surface area (Å²) >= 11 is 0. The average Bonchev–Trinajstić information content (AvgIpc) is 3.17. The van der Waals surface area contributed by atoms with E-state index < -0.39 is 0 Å². The maximum Gasteiger partial charge on any atom is 0.125 e. The molecule has 3 rings (SSSR count). The summed E-state index contributed by atoms with van der Waals surface area (Å²) in [5, 5.41) is 0. The molecule has 0 spiro atoms. The lowest BCUT2D eigenvalue weighted by molar-refractivity contribution is 0.406. The Kier molecular flexibility index (Phi) is 2.81. The number of rotatable bonds is 5. The molecule has 0 amide bonds. The molecule has 0 N–H and O–H groups in total. The van der Waals surface area contributed by atoms with Crippen LogP contribution < -0.4 is 0 Å². The fraction of sp³-hybridized carbons (Fsp3) is 0.429. The van der Waals surface area contributed by atoms with Gasteiger partial charge in [0.1, 0.15) is 5.94 Å². The van der Waals surface area contributed by atoms with Gasteiger partial charge in [-0.2, -0.15) is 0 Å². The molecular formula is C14H14O3. The summed E-state index contributed by atoms with van der Waals surface area (Å²) < 4.78 is 10.5. The smallest absolute Gasteiger partial charge is 0.125 e. The topological polar surface area (TPSA) is 42.1 Å². The van der Waals surface area contributed by atoms with Crippen molar-refractivity contribution in [2.75, 3.05) is 13.2 Å². The number of hydrogen-bond acceptors (Lipinski definition) is 3. The molecule has 0 radical (unpaired) electrons. The van der Waals surface area contributed by atoms with Gasteiger partial charge in [-0.15, -0.1) is 0 Å². The van der Waals surface area contributed by atoms with Gasteiger partial charge in [0, 0.05) is 18.9 Å². The zero-order valence-electron chi connectivity index (χ0n) is 9.52. The van der Waals surface area contributed by atoms with Crippen molar-refractivity contribution < 1.29 is 14.3 Å². The van der Waals surface area contributed by atoms with Gasteiger partial charge < -0.3 is 9.47 Å². The Morgan fingerprint density at radius 1 is 1.18 bits per heavy atom. The van der Waals surface area contributed by atoms with Crippen LogP contribution in [0.2, 0.25) is 0 Å². The molecular weight excluding hydrogens is 216 g/mol. The summed E-state index contributed by atoms with van der Waals surface area (Å²) in [5.41, 5.74) is 3.36. The average molecular weight is 230 g/mol. The Morgan fingerprint density at radius 3 is 2.12 bits per heavy atom. The first kappa shape index (κ1) is 10.7.